The van der Waals surface area contributed by atoms with E-state index >= 15 is 0 Å². The van der Waals surface area contributed by atoms with Crippen LogP contribution in [0, 0.1) is 11.8 Å². The van der Waals surface area contributed by atoms with Crippen molar-refractivity contribution in [2.45, 2.75) is 45.4 Å². The molecule has 1 aliphatic heterocycles. The fourth-order valence-corrected chi connectivity index (χ4v) is 3.60. The molecule has 1 aromatic rings. The lowest BCUT2D eigenvalue weighted by atomic mass is 9.77. The number of benzene rings is 1. The Kier molecular flexibility index (Phi) is 3.09. The topological polar surface area (TPSA) is 40.5 Å². The van der Waals surface area contributed by atoms with Crippen LogP contribution in [0.15, 0.2) is 24.3 Å². The van der Waals surface area contributed by atoms with Gasteiger partial charge in [0.2, 0.25) is 0 Å². The number of aliphatic hydroxyl groups is 1. The molecule has 3 nitrogen and oxygen atoms in total. The number of carbonyl (C=O) groups is 1. The van der Waals surface area contributed by atoms with E-state index in [0.29, 0.717) is 17.4 Å². The summed E-state index contributed by atoms with van der Waals surface area (Å²) in [6, 6.07) is 7.58. The zero-order valence-corrected chi connectivity index (χ0v) is 11.5. The predicted octanol–water partition coefficient (Wildman–Crippen LogP) is 2.96. The number of rotatable bonds is 1. The van der Waals surface area contributed by atoms with Crippen molar-refractivity contribution in [2.24, 2.45) is 11.8 Å². The SMILES string of the molecule is C[C@@H]1[C@H](C)CCC[C@@H]1N1C(=O)c2ccccc2[C@H]1O. The van der Waals surface area contributed by atoms with Gasteiger partial charge in [0, 0.05) is 17.2 Å². The van der Waals surface area contributed by atoms with Crippen LogP contribution in [0.4, 0.5) is 0 Å². The minimum absolute atomic E-state index is 0.00551. The molecular weight excluding hydrogens is 238 g/mol. The summed E-state index contributed by atoms with van der Waals surface area (Å²) in [4.78, 5) is 14.2. The van der Waals surface area contributed by atoms with Crippen molar-refractivity contribution in [3.63, 3.8) is 0 Å². The smallest absolute Gasteiger partial charge is 0.256 e. The fraction of sp³-hybridized carbons (Fsp3) is 0.562. The van der Waals surface area contributed by atoms with E-state index in [4.69, 9.17) is 0 Å². The lowest BCUT2D eigenvalue weighted by molar-refractivity contribution is -0.0305. The van der Waals surface area contributed by atoms with E-state index in [0.717, 1.165) is 18.4 Å². The average molecular weight is 259 g/mol. The highest BCUT2D eigenvalue weighted by molar-refractivity contribution is 5.99. The minimum atomic E-state index is -0.763. The Bertz CT molecular complexity index is 499. The quantitative estimate of drug-likeness (QED) is 0.842. The molecule has 0 radical (unpaired) electrons. The summed E-state index contributed by atoms with van der Waals surface area (Å²) in [7, 11) is 0. The van der Waals surface area contributed by atoms with E-state index in [-0.39, 0.29) is 11.9 Å². The van der Waals surface area contributed by atoms with Gasteiger partial charge in [-0.2, -0.15) is 0 Å². The van der Waals surface area contributed by atoms with E-state index in [1.807, 2.05) is 24.3 Å². The molecule has 1 amide bonds. The van der Waals surface area contributed by atoms with E-state index in [1.165, 1.54) is 6.42 Å². The van der Waals surface area contributed by atoms with Crippen LogP contribution in [0.25, 0.3) is 0 Å². The van der Waals surface area contributed by atoms with Crippen molar-refractivity contribution in [3.8, 4) is 0 Å². The lowest BCUT2D eigenvalue weighted by Gasteiger charge is -2.41. The van der Waals surface area contributed by atoms with Gasteiger partial charge in [0.15, 0.2) is 6.23 Å². The third kappa shape index (κ3) is 1.88. The van der Waals surface area contributed by atoms with Crippen LogP contribution in [-0.2, 0) is 0 Å². The first-order chi connectivity index (χ1) is 9.11. The maximum Gasteiger partial charge on any atom is 0.256 e. The molecule has 3 heteroatoms. The molecular formula is C16H21NO2. The molecule has 0 unspecified atom stereocenters. The Morgan fingerprint density at radius 3 is 2.68 bits per heavy atom. The lowest BCUT2D eigenvalue weighted by Crippen LogP contribution is -2.46. The summed E-state index contributed by atoms with van der Waals surface area (Å²) < 4.78 is 0. The maximum absolute atomic E-state index is 12.5. The highest BCUT2D eigenvalue weighted by atomic mass is 16.3. The van der Waals surface area contributed by atoms with Crippen LogP contribution in [0.3, 0.4) is 0 Å². The maximum atomic E-state index is 12.5. The molecule has 2 aliphatic rings. The molecule has 1 fully saturated rings. The number of aliphatic hydroxyl groups excluding tert-OH is 1. The van der Waals surface area contributed by atoms with E-state index in [9.17, 15) is 9.90 Å². The highest BCUT2D eigenvalue weighted by Crippen LogP contribution is 2.40. The van der Waals surface area contributed by atoms with Crippen LogP contribution >= 0.6 is 0 Å². The molecule has 0 aromatic heterocycles. The Balaban J connectivity index is 1.93. The van der Waals surface area contributed by atoms with Gasteiger partial charge in [0.25, 0.3) is 5.91 Å². The van der Waals surface area contributed by atoms with Gasteiger partial charge in [-0.05, 0) is 24.3 Å². The van der Waals surface area contributed by atoms with Crippen LogP contribution < -0.4 is 0 Å². The van der Waals surface area contributed by atoms with Crippen molar-refractivity contribution in [3.05, 3.63) is 35.4 Å². The molecule has 102 valence electrons. The third-order valence-corrected chi connectivity index (χ3v) is 4.99. The molecule has 1 aliphatic carbocycles. The normalized spacial score (nSPS) is 34.5. The molecule has 1 saturated carbocycles. The van der Waals surface area contributed by atoms with Gasteiger partial charge >= 0.3 is 0 Å². The van der Waals surface area contributed by atoms with E-state index in [1.54, 1.807) is 4.90 Å². The number of hydrogen-bond donors (Lipinski definition) is 1. The number of hydrogen-bond acceptors (Lipinski definition) is 2. The first kappa shape index (κ1) is 12.7. The molecule has 4 atom stereocenters. The van der Waals surface area contributed by atoms with E-state index < -0.39 is 6.23 Å². The van der Waals surface area contributed by atoms with Gasteiger partial charge in [0.1, 0.15) is 0 Å². The van der Waals surface area contributed by atoms with Gasteiger partial charge in [-0.3, -0.25) is 4.79 Å². The molecule has 1 N–H and O–H groups in total. The first-order valence-electron chi connectivity index (χ1n) is 7.21. The fourth-order valence-electron chi connectivity index (χ4n) is 3.60. The van der Waals surface area contributed by atoms with Gasteiger partial charge in [-0.1, -0.05) is 44.9 Å². The second-order valence-corrected chi connectivity index (χ2v) is 6.01. The minimum Gasteiger partial charge on any atom is -0.369 e. The Labute approximate surface area is 114 Å². The molecule has 3 rings (SSSR count). The van der Waals surface area contributed by atoms with Gasteiger partial charge in [-0.15, -0.1) is 0 Å². The summed E-state index contributed by atoms with van der Waals surface area (Å²) in [5, 5.41) is 10.5. The molecule has 0 spiro atoms. The van der Waals surface area contributed by atoms with Crippen molar-refractivity contribution in [2.75, 3.05) is 0 Å². The van der Waals surface area contributed by atoms with Crippen molar-refractivity contribution >= 4 is 5.91 Å². The monoisotopic (exact) mass is 259 g/mol. The summed E-state index contributed by atoms with van der Waals surface area (Å²) in [5.41, 5.74) is 1.43. The zero-order chi connectivity index (χ0) is 13.6. The second kappa shape index (κ2) is 4.64. The Morgan fingerprint density at radius 1 is 1.21 bits per heavy atom. The zero-order valence-electron chi connectivity index (χ0n) is 11.5. The third-order valence-electron chi connectivity index (χ3n) is 4.99. The summed E-state index contributed by atoms with van der Waals surface area (Å²) in [6.45, 7) is 4.45. The number of fused-ring (bicyclic) bond motifs is 1. The largest absolute Gasteiger partial charge is 0.369 e. The summed E-state index contributed by atoms with van der Waals surface area (Å²) >= 11 is 0. The number of amides is 1. The molecule has 0 bridgehead atoms. The molecule has 1 heterocycles. The first-order valence-corrected chi connectivity index (χ1v) is 7.21. The van der Waals surface area contributed by atoms with Crippen LogP contribution in [0.5, 0.6) is 0 Å². The van der Waals surface area contributed by atoms with Crippen LogP contribution in [0.1, 0.15) is 55.3 Å². The average Bonchev–Trinajstić information content (AvgIpc) is 2.67. The van der Waals surface area contributed by atoms with Gasteiger partial charge in [-0.25, -0.2) is 0 Å². The molecule has 19 heavy (non-hydrogen) atoms. The second-order valence-electron chi connectivity index (χ2n) is 6.01. The molecule has 0 saturated heterocycles. The standard InChI is InChI=1S/C16H21NO2/c1-10-6-5-9-14(11(10)2)17-15(18)12-7-3-4-8-13(12)16(17)19/h3-4,7-8,10-11,14-15,18H,5-6,9H2,1-2H3/t10-,11-,14+,15-/m1/s1. The van der Waals surface area contributed by atoms with Gasteiger partial charge < -0.3 is 10.0 Å². The van der Waals surface area contributed by atoms with Crippen molar-refractivity contribution < 1.29 is 9.90 Å². The Morgan fingerprint density at radius 2 is 1.95 bits per heavy atom. The summed E-state index contributed by atoms with van der Waals surface area (Å²) in [5.74, 6) is 1.05. The van der Waals surface area contributed by atoms with Gasteiger partial charge in [0.05, 0.1) is 0 Å². The van der Waals surface area contributed by atoms with Crippen molar-refractivity contribution in [1.82, 2.24) is 4.90 Å². The number of carbonyl (C=O) groups excluding carboxylic acids is 1. The highest BCUT2D eigenvalue weighted by Gasteiger charge is 2.43. The van der Waals surface area contributed by atoms with E-state index in [2.05, 4.69) is 13.8 Å². The molecule has 1 aromatic carbocycles. The number of nitrogens with zero attached hydrogens (tertiary/aromatic N) is 1. The van der Waals surface area contributed by atoms with Crippen LogP contribution in [0.2, 0.25) is 0 Å². The van der Waals surface area contributed by atoms with Crippen LogP contribution in [-0.4, -0.2) is 22.0 Å². The Hall–Kier alpha value is -1.35. The predicted molar refractivity (Wildman–Crippen MR) is 73.5 cm³/mol. The summed E-state index contributed by atoms with van der Waals surface area (Å²) in [6.07, 6.45) is 2.61. The van der Waals surface area contributed by atoms with Crippen molar-refractivity contribution in [1.29, 1.82) is 0 Å².